The topological polar surface area (TPSA) is 139 Å². The minimum absolute atomic E-state index is 0.0652. The first-order valence-electron chi connectivity index (χ1n) is 7.80. The molecule has 12 heteroatoms. The first-order valence-corrected chi connectivity index (χ1v) is 7.80. The van der Waals surface area contributed by atoms with E-state index in [1.54, 1.807) is 0 Å². The Balaban J connectivity index is 2.16. The van der Waals surface area contributed by atoms with Gasteiger partial charge in [-0.25, -0.2) is 8.78 Å². The molecule has 0 aliphatic rings. The number of rotatable bonds is 6. The average molecular weight is 410 g/mol. The Morgan fingerprint density at radius 1 is 0.828 bits per heavy atom. The van der Waals surface area contributed by atoms with Crippen LogP contribution < -0.4 is 9.47 Å². The van der Waals surface area contributed by atoms with Crippen molar-refractivity contribution >= 4 is 23.3 Å². The SMILES string of the molecule is Cc1cc([N+](=O)[O-])c(OC(=O)CC(=O)Oc2cc(F)c(C)cc2[N+](=O)[O-])cc1F. The average Bonchev–Trinajstić information content (AvgIpc) is 2.60. The van der Waals surface area contributed by atoms with E-state index in [1.165, 1.54) is 13.8 Å². The number of halogens is 2. The third-order valence-electron chi connectivity index (χ3n) is 3.61. The molecule has 2 aromatic carbocycles. The summed E-state index contributed by atoms with van der Waals surface area (Å²) >= 11 is 0. The second kappa shape index (κ2) is 8.37. The van der Waals surface area contributed by atoms with E-state index < -0.39 is 62.7 Å². The molecule has 0 radical (unpaired) electrons. The standard InChI is InChI=1S/C17H12F2N2O8/c1-8-3-12(20(24)25)14(5-10(8)18)28-16(22)7-17(23)29-15-6-11(19)9(2)4-13(15)21(26)27/h3-6H,7H2,1-2H3. The van der Waals surface area contributed by atoms with Crippen molar-refractivity contribution in [3.63, 3.8) is 0 Å². The van der Waals surface area contributed by atoms with Gasteiger partial charge in [0.2, 0.25) is 11.5 Å². The summed E-state index contributed by atoms with van der Waals surface area (Å²) in [5, 5.41) is 22.0. The van der Waals surface area contributed by atoms with Crippen LogP contribution in [0, 0.1) is 45.7 Å². The normalized spacial score (nSPS) is 10.3. The maximum absolute atomic E-state index is 13.6. The number of esters is 2. The van der Waals surface area contributed by atoms with Gasteiger partial charge in [-0.1, -0.05) is 0 Å². The van der Waals surface area contributed by atoms with Gasteiger partial charge in [0, 0.05) is 24.3 Å². The quantitative estimate of drug-likeness (QED) is 0.232. The molecule has 0 spiro atoms. The predicted molar refractivity (Wildman–Crippen MR) is 91.5 cm³/mol. The third-order valence-corrected chi connectivity index (χ3v) is 3.61. The fraction of sp³-hybridized carbons (Fsp3) is 0.176. The van der Waals surface area contributed by atoms with E-state index in [0.717, 1.165) is 12.1 Å². The number of hydrogen-bond donors (Lipinski definition) is 0. The second-order valence-corrected chi connectivity index (χ2v) is 5.78. The minimum atomic E-state index is -1.35. The summed E-state index contributed by atoms with van der Waals surface area (Å²) in [6.07, 6.45) is -1.13. The van der Waals surface area contributed by atoms with Gasteiger partial charge in [-0.05, 0) is 25.0 Å². The molecule has 2 rings (SSSR count). The van der Waals surface area contributed by atoms with E-state index in [9.17, 15) is 38.6 Å². The Morgan fingerprint density at radius 3 is 1.48 bits per heavy atom. The number of benzene rings is 2. The van der Waals surface area contributed by atoms with Crippen molar-refractivity contribution in [1.82, 2.24) is 0 Å². The highest BCUT2D eigenvalue weighted by atomic mass is 19.1. The molecule has 10 nitrogen and oxygen atoms in total. The Morgan fingerprint density at radius 2 is 1.17 bits per heavy atom. The molecule has 29 heavy (non-hydrogen) atoms. The molecule has 0 N–H and O–H groups in total. The zero-order valence-corrected chi connectivity index (χ0v) is 14.9. The lowest BCUT2D eigenvalue weighted by atomic mass is 10.2. The number of nitro benzene ring substituents is 2. The number of carbonyl (C=O) groups is 2. The van der Waals surface area contributed by atoms with Crippen LogP contribution >= 0.6 is 0 Å². The highest BCUT2D eigenvalue weighted by Gasteiger charge is 2.25. The smallest absolute Gasteiger partial charge is 0.322 e. The fourth-order valence-corrected chi connectivity index (χ4v) is 2.18. The number of nitrogens with zero attached hydrogens (tertiary/aromatic N) is 2. The zero-order valence-electron chi connectivity index (χ0n) is 14.9. The van der Waals surface area contributed by atoms with Crippen molar-refractivity contribution in [2.45, 2.75) is 20.3 Å². The lowest BCUT2D eigenvalue weighted by Gasteiger charge is -2.08. The van der Waals surface area contributed by atoms with Crippen LogP contribution in [-0.2, 0) is 9.59 Å². The molecule has 0 fully saturated rings. The van der Waals surface area contributed by atoms with E-state index in [4.69, 9.17) is 0 Å². The van der Waals surface area contributed by atoms with Gasteiger partial charge in [-0.3, -0.25) is 29.8 Å². The molecule has 0 aromatic heterocycles. The molecule has 0 amide bonds. The maximum atomic E-state index is 13.6. The third kappa shape index (κ3) is 5.06. The molecule has 0 heterocycles. The molecule has 0 aliphatic heterocycles. The van der Waals surface area contributed by atoms with Gasteiger partial charge in [0.15, 0.2) is 0 Å². The van der Waals surface area contributed by atoms with Gasteiger partial charge in [-0.15, -0.1) is 0 Å². The van der Waals surface area contributed by atoms with Crippen LogP contribution in [0.25, 0.3) is 0 Å². The molecule has 152 valence electrons. The van der Waals surface area contributed by atoms with Gasteiger partial charge < -0.3 is 9.47 Å². The number of ether oxygens (including phenoxy) is 2. The van der Waals surface area contributed by atoms with Crippen molar-refractivity contribution < 1.29 is 37.7 Å². The molecular formula is C17H12F2N2O8. The highest BCUT2D eigenvalue weighted by Crippen LogP contribution is 2.31. The first kappa shape index (κ1) is 21.3. The molecule has 0 saturated carbocycles. The lowest BCUT2D eigenvalue weighted by molar-refractivity contribution is -0.385. The number of nitro groups is 2. The van der Waals surface area contributed by atoms with E-state index in [0.29, 0.717) is 12.1 Å². The van der Waals surface area contributed by atoms with Gasteiger partial charge in [-0.2, -0.15) is 0 Å². The Labute approximate surface area is 161 Å². The summed E-state index contributed by atoms with van der Waals surface area (Å²) in [6, 6.07) is 2.90. The predicted octanol–water partition coefficient (Wildman–Crippen LogP) is 3.30. The van der Waals surface area contributed by atoms with E-state index in [1.807, 2.05) is 0 Å². The summed E-state index contributed by atoms with van der Waals surface area (Å²) in [7, 11) is 0. The van der Waals surface area contributed by atoms with Crippen LogP contribution in [0.4, 0.5) is 20.2 Å². The van der Waals surface area contributed by atoms with Gasteiger partial charge in [0.1, 0.15) is 18.1 Å². The molecular weight excluding hydrogens is 398 g/mol. The van der Waals surface area contributed by atoms with E-state index >= 15 is 0 Å². The van der Waals surface area contributed by atoms with Gasteiger partial charge >= 0.3 is 23.3 Å². The van der Waals surface area contributed by atoms with Crippen LogP contribution in [0.3, 0.4) is 0 Å². The summed E-state index contributed by atoms with van der Waals surface area (Å²) in [4.78, 5) is 43.9. The number of carbonyl (C=O) groups excluding carboxylic acids is 2. The van der Waals surface area contributed by atoms with Crippen LogP contribution in [0.1, 0.15) is 17.5 Å². The molecule has 2 aromatic rings. The van der Waals surface area contributed by atoms with E-state index in [2.05, 4.69) is 9.47 Å². The van der Waals surface area contributed by atoms with Crippen molar-refractivity contribution in [1.29, 1.82) is 0 Å². The Kier molecular flexibility index (Phi) is 6.16. The summed E-state index contributed by atoms with van der Waals surface area (Å²) in [6.45, 7) is 2.53. The highest BCUT2D eigenvalue weighted by molar-refractivity contribution is 5.93. The van der Waals surface area contributed by atoms with Crippen LogP contribution in [0.5, 0.6) is 11.5 Å². The molecule has 0 aliphatic carbocycles. The summed E-state index contributed by atoms with van der Waals surface area (Å²) in [5.41, 5.74) is -1.54. The maximum Gasteiger partial charge on any atom is 0.322 e. The number of hydrogen-bond acceptors (Lipinski definition) is 8. The Hall–Kier alpha value is -3.96. The zero-order chi connectivity index (χ0) is 21.9. The first-order chi connectivity index (χ1) is 13.5. The van der Waals surface area contributed by atoms with Crippen molar-refractivity contribution in [2.75, 3.05) is 0 Å². The van der Waals surface area contributed by atoms with Crippen molar-refractivity contribution in [3.05, 3.63) is 67.3 Å². The molecule has 0 bridgehead atoms. The van der Waals surface area contributed by atoms with Crippen LogP contribution in [0.2, 0.25) is 0 Å². The molecule has 0 atom stereocenters. The lowest BCUT2D eigenvalue weighted by Crippen LogP contribution is -2.19. The van der Waals surface area contributed by atoms with E-state index in [-0.39, 0.29) is 11.1 Å². The monoisotopic (exact) mass is 410 g/mol. The largest absolute Gasteiger partial charge is 0.419 e. The minimum Gasteiger partial charge on any atom is -0.419 e. The van der Waals surface area contributed by atoms with Gasteiger partial charge in [0.25, 0.3) is 0 Å². The second-order valence-electron chi connectivity index (χ2n) is 5.78. The molecule has 0 saturated heterocycles. The van der Waals surface area contributed by atoms with Crippen molar-refractivity contribution in [3.8, 4) is 11.5 Å². The summed E-state index contributed by atoms with van der Waals surface area (Å²) in [5.74, 6) is -5.93. The molecule has 0 unspecified atom stereocenters. The van der Waals surface area contributed by atoms with Crippen LogP contribution in [0.15, 0.2) is 24.3 Å². The van der Waals surface area contributed by atoms with Crippen molar-refractivity contribution in [2.24, 2.45) is 0 Å². The van der Waals surface area contributed by atoms with Gasteiger partial charge in [0.05, 0.1) is 9.85 Å². The number of aryl methyl sites for hydroxylation is 2. The Bertz CT molecular complexity index is 957. The fourth-order valence-electron chi connectivity index (χ4n) is 2.18. The summed E-state index contributed by atoms with van der Waals surface area (Å²) < 4.78 is 36.5. The van der Waals surface area contributed by atoms with Crippen LogP contribution in [-0.4, -0.2) is 21.8 Å².